The van der Waals surface area contributed by atoms with Gasteiger partial charge in [-0.25, -0.2) is 9.38 Å². The highest BCUT2D eigenvalue weighted by Gasteiger charge is 2.50. The Morgan fingerprint density at radius 3 is 2.86 bits per heavy atom. The highest BCUT2D eigenvalue weighted by Crippen LogP contribution is 2.47. The Bertz CT molecular complexity index is 1470. The van der Waals surface area contributed by atoms with Gasteiger partial charge in [-0.2, -0.15) is 4.98 Å². The van der Waals surface area contributed by atoms with E-state index in [1.165, 1.54) is 16.2 Å². The number of H-pyrrole nitrogens is 1. The molecule has 0 amide bonds. The van der Waals surface area contributed by atoms with Crippen LogP contribution in [0.3, 0.4) is 0 Å². The summed E-state index contributed by atoms with van der Waals surface area (Å²) in [6.07, 6.45) is -0.800. The monoisotopic (exact) mass is 533 g/mol. The van der Waals surface area contributed by atoms with Gasteiger partial charge in [0.2, 0.25) is 5.78 Å². The number of aromatic amines is 1. The van der Waals surface area contributed by atoms with E-state index in [0.717, 1.165) is 23.5 Å². The number of aliphatic hydroxyl groups is 1. The summed E-state index contributed by atoms with van der Waals surface area (Å²) >= 11 is 1.45. The van der Waals surface area contributed by atoms with Crippen molar-refractivity contribution in [2.75, 3.05) is 19.5 Å². The van der Waals surface area contributed by atoms with Crippen LogP contribution in [0.25, 0.3) is 28.2 Å². The van der Waals surface area contributed by atoms with Gasteiger partial charge in [0.15, 0.2) is 22.5 Å². The van der Waals surface area contributed by atoms with Crippen molar-refractivity contribution in [3.63, 3.8) is 0 Å². The van der Waals surface area contributed by atoms with E-state index >= 15 is 0 Å². The minimum atomic E-state index is -2.08. The molecular formula is C22H24N5O7PS. The van der Waals surface area contributed by atoms with E-state index in [4.69, 9.17) is 23.5 Å². The van der Waals surface area contributed by atoms with Crippen LogP contribution in [0.4, 0.5) is 0 Å². The number of benzene rings is 1. The van der Waals surface area contributed by atoms with Gasteiger partial charge in [0, 0.05) is 11.9 Å². The Morgan fingerprint density at radius 2 is 2.11 bits per heavy atom. The number of hydrogen-bond donors (Lipinski definition) is 3. The number of thioether (sulfide) groups is 1. The standard InChI is InChI=1S/C22H24N5O7PS/c1-3-8-36-22-24-15-18(27(22)20-16(28)17-14(33-20)10-32-35(30)34-17)25-21-23-13(9-26(21)19(15)29)11-4-6-12(31-2)7-5-11/h4-7,9,14,16-17,20,28,30H,3,8,10H2,1-2H3,(H,23,25)/t14?,16?,17-,20-,35?/m1/s1. The lowest BCUT2D eigenvalue weighted by Gasteiger charge is -2.27. The van der Waals surface area contributed by atoms with Gasteiger partial charge in [0.1, 0.15) is 24.1 Å². The number of rotatable bonds is 6. The fourth-order valence-electron chi connectivity index (χ4n) is 4.42. The number of nitrogens with zero attached hydrogens (tertiary/aromatic N) is 4. The predicted molar refractivity (Wildman–Crippen MR) is 132 cm³/mol. The minimum Gasteiger partial charge on any atom is -0.497 e. The van der Waals surface area contributed by atoms with Crippen LogP contribution in [0.1, 0.15) is 19.6 Å². The van der Waals surface area contributed by atoms with Crippen molar-refractivity contribution in [1.29, 1.82) is 0 Å². The SMILES string of the molecule is CCCSc1nc2c(=O)n3cc(-c4ccc(OC)cc4)[nH]c3nc2n1[C@@H]1OC2COP(O)O[C@H]2C1O. The lowest BCUT2D eigenvalue weighted by molar-refractivity contribution is -0.0614. The molecule has 4 aromatic rings. The summed E-state index contributed by atoms with van der Waals surface area (Å²) in [6.45, 7) is 2.13. The number of nitrogens with one attached hydrogen (secondary N) is 1. The number of ether oxygens (including phenoxy) is 2. The zero-order valence-corrected chi connectivity index (χ0v) is 21.1. The quantitative estimate of drug-likeness (QED) is 0.250. The second-order valence-corrected chi connectivity index (χ2v) is 10.5. The first-order valence-electron chi connectivity index (χ1n) is 11.4. The molecule has 0 bridgehead atoms. The van der Waals surface area contributed by atoms with E-state index in [1.54, 1.807) is 17.9 Å². The molecule has 1 aromatic carbocycles. The number of imidazole rings is 2. The molecule has 5 atom stereocenters. The fourth-order valence-corrected chi connectivity index (χ4v) is 6.10. The topological polar surface area (TPSA) is 145 Å². The molecule has 2 fully saturated rings. The maximum atomic E-state index is 13.5. The molecule has 2 aliphatic heterocycles. The lowest BCUT2D eigenvalue weighted by atomic mass is 10.1. The highest BCUT2D eigenvalue weighted by atomic mass is 32.2. The molecular weight excluding hydrogens is 509 g/mol. The molecule has 3 N–H and O–H groups in total. The van der Waals surface area contributed by atoms with Gasteiger partial charge in [-0.1, -0.05) is 18.7 Å². The van der Waals surface area contributed by atoms with Crippen LogP contribution in [0.2, 0.25) is 0 Å². The van der Waals surface area contributed by atoms with E-state index in [9.17, 15) is 14.8 Å². The summed E-state index contributed by atoms with van der Waals surface area (Å²) in [6, 6.07) is 7.44. The van der Waals surface area contributed by atoms with Gasteiger partial charge in [-0.05, 0) is 36.2 Å². The van der Waals surface area contributed by atoms with Crippen LogP contribution in [-0.4, -0.2) is 71.7 Å². The van der Waals surface area contributed by atoms with E-state index < -0.39 is 33.1 Å². The number of methoxy groups -OCH3 is 1. The summed E-state index contributed by atoms with van der Waals surface area (Å²) < 4.78 is 25.0. The van der Waals surface area contributed by atoms with Gasteiger partial charge in [-0.15, -0.1) is 0 Å². The Hall–Kier alpha value is -2.51. The second kappa shape index (κ2) is 9.42. The normalized spacial score (nSPS) is 26.1. The Balaban J connectivity index is 1.47. The van der Waals surface area contributed by atoms with Crippen molar-refractivity contribution < 1.29 is 28.5 Å². The molecule has 12 nitrogen and oxygen atoms in total. The minimum absolute atomic E-state index is 0.0900. The highest BCUT2D eigenvalue weighted by molar-refractivity contribution is 7.99. The van der Waals surface area contributed by atoms with Gasteiger partial charge >= 0.3 is 8.60 Å². The molecule has 0 spiro atoms. The summed E-state index contributed by atoms with van der Waals surface area (Å²) in [5.74, 6) is 1.81. The number of fused-ring (bicyclic) bond motifs is 3. The van der Waals surface area contributed by atoms with E-state index in [0.29, 0.717) is 16.6 Å². The Kier molecular flexibility index (Phi) is 6.24. The molecule has 5 heterocycles. The maximum absolute atomic E-state index is 13.5. The van der Waals surface area contributed by atoms with Crippen LogP contribution >= 0.6 is 20.4 Å². The van der Waals surface area contributed by atoms with Crippen LogP contribution in [0, 0.1) is 0 Å². The van der Waals surface area contributed by atoms with Crippen LogP contribution in [0.15, 0.2) is 40.4 Å². The smallest absolute Gasteiger partial charge is 0.330 e. The molecule has 3 unspecified atom stereocenters. The van der Waals surface area contributed by atoms with E-state index in [2.05, 4.69) is 9.97 Å². The fraction of sp³-hybridized carbons (Fsp3) is 0.409. The summed E-state index contributed by atoms with van der Waals surface area (Å²) in [7, 11) is -0.480. The van der Waals surface area contributed by atoms with Gasteiger partial charge in [0.25, 0.3) is 5.56 Å². The number of hydrogen-bond acceptors (Lipinski definition) is 10. The number of aromatic nitrogens is 5. The predicted octanol–water partition coefficient (Wildman–Crippen LogP) is 2.44. The van der Waals surface area contributed by atoms with Crippen molar-refractivity contribution in [1.82, 2.24) is 23.9 Å². The second-order valence-electron chi connectivity index (χ2n) is 8.45. The largest absolute Gasteiger partial charge is 0.497 e. The van der Waals surface area contributed by atoms with Crippen LogP contribution < -0.4 is 10.3 Å². The first-order chi connectivity index (χ1) is 17.5. The molecule has 36 heavy (non-hydrogen) atoms. The van der Waals surface area contributed by atoms with Crippen molar-refractivity contribution in [3.05, 3.63) is 40.8 Å². The summed E-state index contributed by atoms with van der Waals surface area (Å²) in [5, 5.41) is 11.6. The third-order valence-corrected chi connectivity index (χ3v) is 8.13. The number of aliphatic hydroxyl groups excluding tert-OH is 1. The van der Waals surface area contributed by atoms with Crippen molar-refractivity contribution in [2.45, 2.75) is 43.0 Å². The first kappa shape index (κ1) is 23.9. The molecule has 0 aliphatic carbocycles. The van der Waals surface area contributed by atoms with Crippen molar-refractivity contribution >= 4 is 37.3 Å². The van der Waals surface area contributed by atoms with Gasteiger partial charge in [0.05, 0.1) is 19.4 Å². The van der Waals surface area contributed by atoms with Crippen LogP contribution in [0.5, 0.6) is 5.75 Å². The molecule has 2 aliphatic rings. The summed E-state index contributed by atoms with van der Waals surface area (Å²) in [5.41, 5.74) is 1.67. The third-order valence-electron chi connectivity index (χ3n) is 6.18. The molecule has 14 heteroatoms. The molecule has 0 radical (unpaired) electrons. The van der Waals surface area contributed by atoms with Gasteiger partial charge in [-0.3, -0.25) is 9.36 Å². The zero-order valence-electron chi connectivity index (χ0n) is 19.4. The molecule has 0 saturated carbocycles. The van der Waals surface area contributed by atoms with Crippen molar-refractivity contribution in [3.8, 4) is 17.0 Å². The molecule has 3 aromatic heterocycles. The molecule has 190 valence electrons. The Morgan fingerprint density at radius 1 is 1.31 bits per heavy atom. The van der Waals surface area contributed by atoms with Crippen molar-refractivity contribution in [2.24, 2.45) is 0 Å². The summed E-state index contributed by atoms with van der Waals surface area (Å²) in [4.78, 5) is 35.8. The van der Waals surface area contributed by atoms with E-state index in [1.807, 2.05) is 31.2 Å². The average Bonchev–Trinajstić information content (AvgIpc) is 3.57. The molecule has 6 rings (SSSR count). The van der Waals surface area contributed by atoms with E-state index in [-0.39, 0.29) is 23.3 Å². The zero-order chi connectivity index (χ0) is 25.0. The van der Waals surface area contributed by atoms with Crippen LogP contribution in [-0.2, 0) is 13.8 Å². The average molecular weight is 534 g/mol. The third kappa shape index (κ3) is 3.91. The maximum Gasteiger partial charge on any atom is 0.330 e. The Labute approximate surface area is 210 Å². The molecule has 2 saturated heterocycles. The first-order valence-corrected chi connectivity index (χ1v) is 13.5. The van der Waals surface area contributed by atoms with Gasteiger partial charge < -0.3 is 33.5 Å². The lowest BCUT2D eigenvalue weighted by Crippen LogP contribution is -2.38.